The van der Waals surface area contributed by atoms with Crippen LogP contribution in [0.4, 0.5) is 0 Å². The van der Waals surface area contributed by atoms with Crippen molar-refractivity contribution in [1.82, 2.24) is 4.90 Å². The number of carbonyl (C=O) groups excluding carboxylic acids is 1. The summed E-state index contributed by atoms with van der Waals surface area (Å²) in [6.07, 6.45) is 2.00. The van der Waals surface area contributed by atoms with Crippen molar-refractivity contribution in [2.75, 3.05) is 26.2 Å². The average Bonchev–Trinajstić information content (AvgIpc) is 2.74. The lowest BCUT2D eigenvalue weighted by Crippen LogP contribution is -2.50. The van der Waals surface area contributed by atoms with E-state index in [1.165, 1.54) is 5.56 Å². The fourth-order valence-corrected chi connectivity index (χ4v) is 5.11. The van der Waals surface area contributed by atoms with Crippen molar-refractivity contribution in [2.45, 2.75) is 57.2 Å². The van der Waals surface area contributed by atoms with Crippen LogP contribution in [0.5, 0.6) is 0 Å². The van der Waals surface area contributed by atoms with Crippen LogP contribution in [0.15, 0.2) is 54.6 Å². The number of hydrogen-bond acceptors (Lipinski definition) is 3. The standard InChI is InChI=1S/C26H36ClNO2Si/c1-25(2,3)31(4,5)30-20-26(22-9-7-6-8-10-22)15-17-28(18-16-26)19-24(29)21-11-13-23(27)14-12-21/h6-14H,15-20H2,1-5H3. The molecule has 1 saturated heterocycles. The van der Waals surface area contributed by atoms with Crippen LogP contribution in [0.2, 0.25) is 23.2 Å². The molecule has 168 valence electrons. The van der Waals surface area contributed by atoms with Gasteiger partial charge in [0.1, 0.15) is 0 Å². The van der Waals surface area contributed by atoms with Crippen molar-refractivity contribution in [1.29, 1.82) is 0 Å². The maximum absolute atomic E-state index is 12.7. The van der Waals surface area contributed by atoms with E-state index in [-0.39, 0.29) is 16.2 Å². The van der Waals surface area contributed by atoms with E-state index in [9.17, 15) is 4.79 Å². The summed E-state index contributed by atoms with van der Waals surface area (Å²) in [5.41, 5.74) is 2.10. The highest BCUT2D eigenvalue weighted by Crippen LogP contribution is 2.41. The van der Waals surface area contributed by atoms with Crippen LogP contribution in [0.3, 0.4) is 0 Å². The normalized spacial score (nSPS) is 17.5. The van der Waals surface area contributed by atoms with Gasteiger partial charge in [-0.05, 0) is 73.9 Å². The number of likely N-dealkylation sites (tertiary alicyclic amines) is 1. The third-order valence-electron chi connectivity index (χ3n) is 7.25. The molecule has 3 nitrogen and oxygen atoms in total. The molecule has 2 aromatic carbocycles. The molecule has 1 heterocycles. The van der Waals surface area contributed by atoms with Gasteiger partial charge in [0.15, 0.2) is 14.1 Å². The molecule has 0 radical (unpaired) electrons. The molecule has 1 fully saturated rings. The van der Waals surface area contributed by atoms with Gasteiger partial charge in [0.05, 0.1) is 6.54 Å². The summed E-state index contributed by atoms with van der Waals surface area (Å²) < 4.78 is 6.73. The molecule has 0 N–H and O–H groups in total. The number of nitrogens with zero attached hydrogens (tertiary/aromatic N) is 1. The molecule has 0 aliphatic carbocycles. The topological polar surface area (TPSA) is 29.5 Å². The smallest absolute Gasteiger partial charge is 0.192 e. The van der Waals surface area contributed by atoms with Gasteiger partial charge in [-0.25, -0.2) is 0 Å². The van der Waals surface area contributed by atoms with E-state index < -0.39 is 8.32 Å². The molecule has 0 amide bonds. The molecule has 0 aromatic heterocycles. The van der Waals surface area contributed by atoms with E-state index in [0.29, 0.717) is 11.6 Å². The van der Waals surface area contributed by atoms with Gasteiger partial charge in [-0.1, -0.05) is 62.7 Å². The van der Waals surface area contributed by atoms with Gasteiger partial charge < -0.3 is 4.43 Å². The molecule has 0 unspecified atom stereocenters. The molecule has 1 aliphatic heterocycles. The molecule has 31 heavy (non-hydrogen) atoms. The van der Waals surface area contributed by atoms with Gasteiger partial charge >= 0.3 is 0 Å². The fourth-order valence-electron chi connectivity index (χ4n) is 3.91. The van der Waals surface area contributed by atoms with Crippen LogP contribution in [0, 0.1) is 0 Å². The van der Waals surface area contributed by atoms with Crippen LogP contribution in [-0.2, 0) is 9.84 Å². The summed E-state index contributed by atoms with van der Waals surface area (Å²) in [4.78, 5) is 15.0. The number of hydrogen-bond donors (Lipinski definition) is 0. The quantitative estimate of drug-likeness (QED) is 0.347. The molecule has 5 heteroatoms. The van der Waals surface area contributed by atoms with Crippen molar-refractivity contribution in [3.8, 4) is 0 Å². The second-order valence-electron chi connectivity index (χ2n) is 10.4. The highest BCUT2D eigenvalue weighted by molar-refractivity contribution is 6.74. The Hall–Kier alpha value is -1.46. The highest BCUT2D eigenvalue weighted by Gasteiger charge is 2.42. The Morgan fingerprint density at radius 2 is 1.61 bits per heavy atom. The number of benzene rings is 2. The van der Waals surface area contributed by atoms with Gasteiger partial charge in [0, 0.05) is 22.6 Å². The largest absolute Gasteiger partial charge is 0.416 e. The number of carbonyl (C=O) groups is 1. The van der Waals surface area contributed by atoms with Gasteiger partial charge in [0.2, 0.25) is 0 Å². The Labute approximate surface area is 193 Å². The second kappa shape index (κ2) is 9.58. The molecule has 3 rings (SSSR count). The predicted molar refractivity (Wildman–Crippen MR) is 133 cm³/mol. The van der Waals surface area contributed by atoms with Crippen molar-refractivity contribution < 1.29 is 9.22 Å². The Bertz CT molecular complexity index is 867. The summed E-state index contributed by atoms with van der Waals surface area (Å²) in [6, 6.07) is 18.0. The van der Waals surface area contributed by atoms with Crippen LogP contribution >= 0.6 is 11.6 Å². The van der Waals surface area contributed by atoms with E-state index in [1.54, 1.807) is 12.1 Å². The minimum atomic E-state index is -1.84. The summed E-state index contributed by atoms with van der Waals surface area (Å²) in [5.74, 6) is 0.154. The Kier molecular flexibility index (Phi) is 7.47. The SMILES string of the molecule is CC(C)(C)[Si](C)(C)OCC1(c2ccccc2)CCN(CC(=O)c2ccc(Cl)cc2)CC1. The molecule has 0 bridgehead atoms. The van der Waals surface area contributed by atoms with Gasteiger partial charge in [-0.3, -0.25) is 9.69 Å². The Balaban J connectivity index is 1.70. The van der Waals surface area contributed by atoms with Crippen LogP contribution in [-0.4, -0.2) is 45.2 Å². The third-order valence-corrected chi connectivity index (χ3v) is 12.0. The van der Waals surface area contributed by atoms with E-state index in [0.717, 1.165) is 38.1 Å². The number of halogens is 1. The zero-order chi connectivity index (χ0) is 22.7. The molecular formula is C26H36ClNO2Si. The first-order valence-corrected chi connectivity index (χ1v) is 14.5. The maximum atomic E-state index is 12.7. The summed E-state index contributed by atoms with van der Waals surface area (Å²) in [6.45, 7) is 14.5. The third kappa shape index (κ3) is 5.86. The van der Waals surface area contributed by atoms with E-state index in [1.807, 2.05) is 12.1 Å². The molecule has 0 atom stereocenters. The van der Waals surface area contributed by atoms with Gasteiger partial charge in [0.25, 0.3) is 0 Å². The number of piperidine rings is 1. The van der Waals surface area contributed by atoms with Crippen molar-refractivity contribution in [2.24, 2.45) is 0 Å². The summed E-state index contributed by atoms with van der Waals surface area (Å²) >= 11 is 5.96. The zero-order valence-corrected chi connectivity index (χ0v) is 21.3. The molecule has 0 spiro atoms. The Morgan fingerprint density at radius 3 is 2.16 bits per heavy atom. The number of ketones is 1. The molecule has 1 aliphatic rings. The molecular weight excluding hydrogens is 422 g/mol. The predicted octanol–water partition coefficient (Wildman–Crippen LogP) is 6.58. The zero-order valence-electron chi connectivity index (χ0n) is 19.6. The minimum Gasteiger partial charge on any atom is -0.416 e. The van der Waals surface area contributed by atoms with Crippen molar-refractivity contribution >= 4 is 25.7 Å². The van der Waals surface area contributed by atoms with E-state index in [4.69, 9.17) is 16.0 Å². The first-order chi connectivity index (χ1) is 14.5. The Morgan fingerprint density at radius 1 is 1.03 bits per heavy atom. The van der Waals surface area contributed by atoms with Crippen LogP contribution in [0.25, 0.3) is 0 Å². The van der Waals surface area contributed by atoms with E-state index in [2.05, 4.69) is 69.1 Å². The average molecular weight is 458 g/mol. The lowest BCUT2D eigenvalue weighted by Gasteiger charge is -2.45. The fraction of sp³-hybridized carbons (Fsp3) is 0.500. The van der Waals surface area contributed by atoms with Gasteiger partial charge in [-0.15, -0.1) is 0 Å². The van der Waals surface area contributed by atoms with Crippen LogP contribution < -0.4 is 0 Å². The molecule has 2 aromatic rings. The van der Waals surface area contributed by atoms with Crippen molar-refractivity contribution in [3.05, 3.63) is 70.7 Å². The summed E-state index contributed by atoms with van der Waals surface area (Å²) in [7, 11) is -1.84. The monoisotopic (exact) mass is 457 g/mol. The second-order valence-corrected chi connectivity index (χ2v) is 15.6. The summed E-state index contributed by atoms with van der Waals surface area (Å²) in [5, 5.41) is 0.847. The van der Waals surface area contributed by atoms with Crippen molar-refractivity contribution in [3.63, 3.8) is 0 Å². The first-order valence-electron chi connectivity index (χ1n) is 11.2. The lowest BCUT2D eigenvalue weighted by atomic mass is 9.73. The first kappa shape index (κ1) is 24.2. The lowest BCUT2D eigenvalue weighted by molar-refractivity contribution is 0.0808. The minimum absolute atomic E-state index is 0.0105. The van der Waals surface area contributed by atoms with Gasteiger partial charge in [-0.2, -0.15) is 0 Å². The maximum Gasteiger partial charge on any atom is 0.192 e. The molecule has 0 saturated carbocycles. The van der Waals surface area contributed by atoms with Crippen LogP contribution in [0.1, 0.15) is 49.5 Å². The highest BCUT2D eigenvalue weighted by atomic mass is 35.5. The number of rotatable bonds is 7. The number of Topliss-reactive ketones (excluding diaryl/α,β-unsaturated/α-hetero) is 1. The van der Waals surface area contributed by atoms with E-state index >= 15 is 0 Å².